The summed E-state index contributed by atoms with van der Waals surface area (Å²) < 4.78 is 45.7. The van der Waals surface area contributed by atoms with E-state index < -0.39 is 20.7 Å². The van der Waals surface area contributed by atoms with Gasteiger partial charge in [-0.25, -0.2) is 12.8 Å². The number of carbonyl (C=O) groups is 1. The second-order valence-electron chi connectivity index (χ2n) is 4.63. The van der Waals surface area contributed by atoms with Gasteiger partial charge >= 0.3 is 0 Å². The van der Waals surface area contributed by atoms with Gasteiger partial charge < -0.3 is 10.1 Å². The Morgan fingerprint density at radius 1 is 1.17 bits per heavy atom. The van der Waals surface area contributed by atoms with Gasteiger partial charge in [0.05, 0.1) is 12.8 Å². The van der Waals surface area contributed by atoms with Crippen molar-refractivity contribution in [2.24, 2.45) is 0 Å². The zero-order chi connectivity index (χ0) is 17.0. The average molecular weight is 338 g/mol. The van der Waals surface area contributed by atoms with Crippen molar-refractivity contribution >= 4 is 27.3 Å². The molecule has 0 radical (unpaired) electrons. The van der Waals surface area contributed by atoms with E-state index in [9.17, 15) is 17.6 Å². The molecule has 2 rings (SSSR count). The molecule has 0 saturated carbocycles. The molecular weight excluding hydrogens is 323 g/mol. The van der Waals surface area contributed by atoms with E-state index in [0.717, 1.165) is 12.1 Å². The molecule has 0 aliphatic rings. The highest BCUT2D eigenvalue weighted by atomic mass is 32.2. The van der Waals surface area contributed by atoms with Crippen LogP contribution in [-0.2, 0) is 14.8 Å². The number of amides is 1. The molecule has 0 aromatic heterocycles. The lowest BCUT2D eigenvalue weighted by Crippen LogP contribution is -2.15. The number of benzene rings is 2. The largest absolute Gasteiger partial charge is 0.495 e. The van der Waals surface area contributed by atoms with Crippen molar-refractivity contribution < 1.29 is 22.3 Å². The predicted octanol–water partition coefficient (Wildman–Crippen LogP) is 2.59. The maximum Gasteiger partial charge on any atom is 0.264 e. The summed E-state index contributed by atoms with van der Waals surface area (Å²) in [7, 11) is -2.77. The van der Waals surface area contributed by atoms with E-state index >= 15 is 0 Å². The number of hydrogen-bond acceptors (Lipinski definition) is 4. The van der Waals surface area contributed by atoms with Gasteiger partial charge in [0.2, 0.25) is 5.91 Å². The number of anilines is 2. The molecule has 122 valence electrons. The van der Waals surface area contributed by atoms with E-state index in [1.165, 1.54) is 38.3 Å². The Balaban J connectivity index is 2.41. The third-order valence-corrected chi connectivity index (χ3v) is 4.29. The molecule has 0 bridgehead atoms. The summed E-state index contributed by atoms with van der Waals surface area (Å²) in [5.41, 5.74) is 0.464. The fourth-order valence-corrected chi connectivity index (χ4v) is 3.07. The van der Waals surface area contributed by atoms with Crippen LogP contribution in [-0.4, -0.2) is 21.4 Å². The number of ether oxygens (including phenoxy) is 1. The van der Waals surface area contributed by atoms with Crippen molar-refractivity contribution in [3.63, 3.8) is 0 Å². The highest BCUT2D eigenvalue weighted by Crippen LogP contribution is 2.30. The highest BCUT2D eigenvalue weighted by molar-refractivity contribution is 7.92. The van der Waals surface area contributed by atoms with Crippen LogP contribution < -0.4 is 14.8 Å². The molecule has 1 amide bonds. The summed E-state index contributed by atoms with van der Waals surface area (Å²) in [4.78, 5) is 10.6. The quantitative estimate of drug-likeness (QED) is 0.877. The number of methoxy groups -OCH3 is 1. The third kappa shape index (κ3) is 3.98. The van der Waals surface area contributed by atoms with Gasteiger partial charge in [-0.2, -0.15) is 0 Å². The van der Waals surface area contributed by atoms with E-state index in [2.05, 4.69) is 10.0 Å². The lowest BCUT2D eigenvalue weighted by atomic mass is 10.2. The van der Waals surface area contributed by atoms with Gasteiger partial charge in [-0.3, -0.25) is 9.52 Å². The lowest BCUT2D eigenvalue weighted by molar-refractivity contribution is -0.114. The van der Waals surface area contributed by atoms with Crippen LogP contribution in [0.15, 0.2) is 47.4 Å². The minimum Gasteiger partial charge on any atom is -0.495 e. The van der Waals surface area contributed by atoms with Gasteiger partial charge in [-0.1, -0.05) is 12.1 Å². The van der Waals surface area contributed by atoms with Gasteiger partial charge in [0.1, 0.15) is 16.5 Å². The Bertz CT molecular complexity index is 837. The van der Waals surface area contributed by atoms with Gasteiger partial charge in [0.25, 0.3) is 10.0 Å². The molecule has 8 heteroatoms. The Labute approximate surface area is 133 Å². The number of carbonyl (C=O) groups excluding carboxylic acids is 1. The first-order chi connectivity index (χ1) is 10.8. The van der Waals surface area contributed by atoms with Gasteiger partial charge in [-0.15, -0.1) is 0 Å². The molecule has 2 aromatic carbocycles. The molecule has 2 N–H and O–H groups in total. The van der Waals surface area contributed by atoms with Crippen LogP contribution in [0.1, 0.15) is 6.92 Å². The number of halogens is 1. The smallest absolute Gasteiger partial charge is 0.264 e. The molecule has 0 aliphatic heterocycles. The summed E-state index contributed by atoms with van der Waals surface area (Å²) in [5.74, 6) is -0.936. The molecule has 0 unspecified atom stereocenters. The van der Waals surface area contributed by atoms with E-state index in [-0.39, 0.29) is 17.3 Å². The van der Waals surface area contributed by atoms with Crippen LogP contribution in [0, 0.1) is 5.82 Å². The number of sulfonamides is 1. The second kappa shape index (κ2) is 6.66. The standard InChI is InChI=1S/C15H15FN2O4S/c1-10(19)17-11-7-8-14(22-2)13(9-11)18-23(20,21)15-6-4-3-5-12(15)16/h3-9,18H,1-2H3,(H,17,19). The van der Waals surface area contributed by atoms with Crippen LogP contribution in [0.2, 0.25) is 0 Å². The molecule has 0 atom stereocenters. The first-order valence-corrected chi connectivity index (χ1v) is 8.05. The number of hydrogen-bond donors (Lipinski definition) is 2. The summed E-state index contributed by atoms with van der Waals surface area (Å²) in [6.07, 6.45) is 0. The maximum atomic E-state index is 13.7. The SMILES string of the molecule is COc1ccc(NC(C)=O)cc1NS(=O)(=O)c1ccccc1F. The third-order valence-electron chi connectivity index (χ3n) is 2.89. The fourth-order valence-electron chi connectivity index (χ4n) is 1.93. The van der Waals surface area contributed by atoms with Crippen molar-refractivity contribution in [2.45, 2.75) is 11.8 Å². The van der Waals surface area contributed by atoms with Crippen LogP contribution in [0.4, 0.5) is 15.8 Å². The summed E-state index contributed by atoms with van der Waals surface area (Å²) >= 11 is 0. The minimum absolute atomic E-state index is 0.0852. The summed E-state index contributed by atoms with van der Waals surface area (Å²) in [6.45, 7) is 1.33. The van der Waals surface area contributed by atoms with E-state index in [4.69, 9.17) is 4.74 Å². The minimum atomic E-state index is -4.14. The zero-order valence-corrected chi connectivity index (χ0v) is 13.3. The number of nitrogens with one attached hydrogen (secondary N) is 2. The van der Waals surface area contributed by atoms with Gasteiger partial charge in [-0.05, 0) is 30.3 Å². The van der Waals surface area contributed by atoms with E-state index in [1.54, 1.807) is 6.07 Å². The fraction of sp³-hybridized carbons (Fsp3) is 0.133. The molecule has 0 saturated heterocycles. The number of rotatable bonds is 5. The Kier molecular flexibility index (Phi) is 4.85. The van der Waals surface area contributed by atoms with Gasteiger partial charge in [0.15, 0.2) is 0 Å². The Morgan fingerprint density at radius 3 is 2.48 bits per heavy atom. The monoisotopic (exact) mass is 338 g/mol. The average Bonchev–Trinajstić information content (AvgIpc) is 2.46. The molecule has 23 heavy (non-hydrogen) atoms. The van der Waals surface area contributed by atoms with Crippen LogP contribution in [0.5, 0.6) is 5.75 Å². The highest BCUT2D eigenvalue weighted by Gasteiger charge is 2.20. The molecule has 0 heterocycles. The first-order valence-electron chi connectivity index (χ1n) is 6.56. The molecular formula is C15H15FN2O4S. The van der Waals surface area contributed by atoms with E-state index in [1.807, 2.05) is 0 Å². The molecule has 0 spiro atoms. The Hall–Kier alpha value is -2.61. The lowest BCUT2D eigenvalue weighted by Gasteiger charge is -2.14. The molecule has 6 nitrogen and oxygen atoms in total. The Morgan fingerprint density at radius 2 is 1.87 bits per heavy atom. The zero-order valence-electron chi connectivity index (χ0n) is 12.5. The van der Waals surface area contributed by atoms with E-state index in [0.29, 0.717) is 5.69 Å². The van der Waals surface area contributed by atoms with Crippen molar-refractivity contribution in [1.29, 1.82) is 0 Å². The maximum absolute atomic E-state index is 13.7. The second-order valence-corrected chi connectivity index (χ2v) is 6.28. The molecule has 0 aliphatic carbocycles. The normalized spacial score (nSPS) is 10.9. The van der Waals surface area contributed by atoms with Crippen molar-refractivity contribution in [3.8, 4) is 5.75 Å². The summed E-state index contributed by atoms with van der Waals surface area (Å²) in [6, 6.07) is 9.46. The topological polar surface area (TPSA) is 84.5 Å². The predicted molar refractivity (Wildman–Crippen MR) is 84.5 cm³/mol. The van der Waals surface area contributed by atoms with Crippen LogP contribution in [0.3, 0.4) is 0 Å². The van der Waals surface area contributed by atoms with Crippen molar-refractivity contribution in [1.82, 2.24) is 0 Å². The van der Waals surface area contributed by atoms with Crippen molar-refractivity contribution in [3.05, 3.63) is 48.3 Å². The van der Waals surface area contributed by atoms with Crippen LogP contribution >= 0.6 is 0 Å². The van der Waals surface area contributed by atoms with Crippen LogP contribution in [0.25, 0.3) is 0 Å². The molecule has 2 aromatic rings. The summed E-state index contributed by atoms with van der Waals surface area (Å²) in [5, 5.41) is 2.53. The first kappa shape index (κ1) is 16.8. The van der Waals surface area contributed by atoms with Crippen molar-refractivity contribution in [2.75, 3.05) is 17.1 Å². The molecule has 0 fully saturated rings. The van der Waals surface area contributed by atoms with Gasteiger partial charge in [0, 0.05) is 12.6 Å².